The molecule has 3 aromatic rings. The average Bonchev–Trinajstić information content (AvgIpc) is 2.74. The van der Waals surface area contributed by atoms with Crippen LogP contribution in [0.15, 0.2) is 54.6 Å². The summed E-state index contributed by atoms with van der Waals surface area (Å²) in [6, 6.07) is 17.9. The Morgan fingerprint density at radius 1 is 1.20 bits per heavy atom. The second-order valence-corrected chi connectivity index (χ2v) is 7.18. The predicted octanol–water partition coefficient (Wildman–Crippen LogP) is 4.69. The van der Waals surface area contributed by atoms with Gasteiger partial charge in [0.15, 0.2) is 6.10 Å². The summed E-state index contributed by atoms with van der Waals surface area (Å²) in [5, 5.41) is 10.2. The molecule has 0 N–H and O–H groups in total. The van der Waals surface area contributed by atoms with Crippen LogP contribution in [0.1, 0.15) is 29.4 Å². The minimum atomic E-state index is -1.04. The molecule has 1 heterocycles. The minimum Gasteiger partial charge on any atom is -0.449 e. The molecule has 0 fully saturated rings. The number of carbonyl (C=O) groups is 2. The Hall–Kier alpha value is -3.43. The quantitative estimate of drug-likeness (QED) is 0.539. The van der Waals surface area contributed by atoms with E-state index in [1.54, 1.807) is 55.5 Å². The number of halogens is 1. The number of carbonyl (C=O) groups excluding carboxylic acids is 2. The maximum atomic E-state index is 13.0. The van der Waals surface area contributed by atoms with Crippen LogP contribution in [-0.4, -0.2) is 29.5 Å². The van der Waals surface area contributed by atoms with E-state index < -0.39 is 18.0 Å². The summed E-state index contributed by atoms with van der Waals surface area (Å²) >= 11 is 6.03. The first-order chi connectivity index (χ1) is 14.4. The number of pyridine rings is 1. The molecule has 0 saturated carbocycles. The van der Waals surface area contributed by atoms with Gasteiger partial charge in [-0.2, -0.15) is 5.26 Å². The van der Waals surface area contributed by atoms with E-state index in [-0.39, 0.29) is 18.5 Å². The lowest BCUT2D eigenvalue weighted by molar-refractivity contribution is -0.126. The van der Waals surface area contributed by atoms with Crippen molar-refractivity contribution in [3.8, 4) is 6.07 Å². The monoisotopic (exact) mass is 421 g/mol. The molecular formula is C23H20ClN3O3. The van der Waals surface area contributed by atoms with E-state index >= 15 is 0 Å². The predicted molar refractivity (Wildman–Crippen MR) is 115 cm³/mol. The normalized spacial score (nSPS) is 11.5. The molecule has 1 atom stereocenters. The number of benzene rings is 2. The summed E-state index contributed by atoms with van der Waals surface area (Å²) < 4.78 is 5.45. The van der Waals surface area contributed by atoms with Crippen molar-refractivity contribution >= 4 is 40.1 Å². The Morgan fingerprint density at radius 3 is 2.63 bits per heavy atom. The smallest absolute Gasteiger partial charge is 0.340 e. The number of hydrogen-bond acceptors (Lipinski definition) is 5. The molecule has 30 heavy (non-hydrogen) atoms. The fourth-order valence-electron chi connectivity index (χ4n) is 3.08. The van der Waals surface area contributed by atoms with Gasteiger partial charge in [0.25, 0.3) is 5.91 Å². The molecule has 0 saturated heterocycles. The summed E-state index contributed by atoms with van der Waals surface area (Å²) in [5.41, 5.74) is 2.12. The number of amides is 1. The summed E-state index contributed by atoms with van der Waals surface area (Å²) in [6.45, 7) is 3.43. The summed E-state index contributed by atoms with van der Waals surface area (Å²) in [4.78, 5) is 31.6. The number of nitriles is 1. The van der Waals surface area contributed by atoms with Crippen molar-refractivity contribution in [2.24, 2.45) is 0 Å². The Morgan fingerprint density at radius 2 is 1.93 bits per heavy atom. The molecule has 6 nitrogen and oxygen atoms in total. The van der Waals surface area contributed by atoms with Crippen LogP contribution < -0.4 is 4.90 Å². The van der Waals surface area contributed by atoms with Crippen molar-refractivity contribution in [3.05, 3.63) is 70.9 Å². The second-order valence-electron chi connectivity index (χ2n) is 6.74. The van der Waals surface area contributed by atoms with Crippen LogP contribution in [0.3, 0.4) is 0 Å². The van der Waals surface area contributed by atoms with E-state index in [4.69, 9.17) is 21.6 Å². The maximum Gasteiger partial charge on any atom is 0.340 e. The number of anilines is 1. The van der Waals surface area contributed by atoms with Crippen LogP contribution in [-0.2, 0) is 9.53 Å². The highest BCUT2D eigenvalue weighted by Gasteiger charge is 2.26. The Bertz CT molecular complexity index is 1130. The third-order valence-electron chi connectivity index (χ3n) is 4.60. The highest BCUT2D eigenvalue weighted by Crippen LogP contribution is 2.22. The standard InChI is InChI=1S/C23H20ClN3O3/c1-15-20(14-17-13-18(24)9-10-21(17)26-15)23(29)30-16(2)22(28)27(12-6-11-25)19-7-4-3-5-8-19/h3-5,7-10,13-14,16H,6,12H2,1-2H3. The van der Waals surface area contributed by atoms with Gasteiger partial charge in [0.1, 0.15) is 0 Å². The van der Waals surface area contributed by atoms with Gasteiger partial charge < -0.3 is 9.64 Å². The molecular weight excluding hydrogens is 402 g/mol. The van der Waals surface area contributed by atoms with E-state index in [0.717, 1.165) is 0 Å². The van der Waals surface area contributed by atoms with Crippen LogP contribution in [0, 0.1) is 18.3 Å². The van der Waals surface area contributed by atoms with Crippen molar-refractivity contribution in [2.75, 3.05) is 11.4 Å². The zero-order valence-electron chi connectivity index (χ0n) is 16.6. The molecule has 0 aliphatic heterocycles. The zero-order chi connectivity index (χ0) is 21.7. The molecule has 0 radical (unpaired) electrons. The molecule has 152 valence electrons. The van der Waals surface area contributed by atoms with E-state index in [1.807, 2.05) is 12.1 Å². The first kappa shape index (κ1) is 21.3. The molecule has 0 aliphatic rings. The van der Waals surface area contributed by atoms with Crippen LogP contribution in [0.5, 0.6) is 0 Å². The molecule has 0 aliphatic carbocycles. The van der Waals surface area contributed by atoms with E-state index in [9.17, 15) is 9.59 Å². The minimum absolute atomic E-state index is 0.162. The van der Waals surface area contributed by atoms with Crippen LogP contribution in [0.2, 0.25) is 5.02 Å². The maximum absolute atomic E-state index is 13.0. The number of hydrogen-bond donors (Lipinski definition) is 0. The SMILES string of the molecule is Cc1nc2ccc(Cl)cc2cc1C(=O)OC(C)C(=O)N(CCC#N)c1ccccc1. The molecule has 0 spiro atoms. The molecule has 1 unspecified atom stereocenters. The molecule has 1 amide bonds. The van der Waals surface area contributed by atoms with Crippen molar-refractivity contribution in [2.45, 2.75) is 26.4 Å². The Kier molecular flexibility index (Phi) is 6.65. The molecule has 2 aromatic carbocycles. The number of aromatic nitrogens is 1. The largest absolute Gasteiger partial charge is 0.449 e. The average molecular weight is 422 g/mol. The summed E-state index contributed by atoms with van der Waals surface area (Å²) in [5.74, 6) is -1.05. The number of para-hydroxylation sites is 1. The van der Waals surface area contributed by atoms with Crippen LogP contribution in [0.25, 0.3) is 10.9 Å². The van der Waals surface area contributed by atoms with Crippen molar-refractivity contribution in [1.29, 1.82) is 5.26 Å². The number of nitrogens with zero attached hydrogens (tertiary/aromatic N) is 3. The van der Waals surface area contributed by atoms with Gasteiger partial charge in [-0.3, -0.25) is 9.78 Å². The summed E-state index contributed by atoms with van der Waals surface area (Å²) in [7, 11) is 0. The fourth-order valence-corrected chi connectivity index (χ4v) is 3.26. The third kappa shape index (κ3) is 4.76. The van der Waals surface area contributed by atoms with Crippen LogP contribution >= 0.6 is 11.6 Å². The van der Waals surface area contributed by atoms with Gasteiger partial charge in [-0.25, -0.2) is 4.79 Å². The van der Waals surface area contributed by atoms with Crippen molar-refractivity contribution in [3.63, 3.8) is 0 Å². The molecule has 3 rings (SSSR count). The summed E-state index contributed by atoms with van der Waals surface area (Å²) in [6.07, 6.45) is -0.874. The molecule has 7 heteroatoms. The number of fused-ring (bicyclic) bond motifs is 1. The number of esters is 1. The fraction of sp³-hybridized carbons (Fsp3) is 0.217. The molecule has 1 aromatic heterocycles. The number of ether oxygens (including phenoxy) is 1. The number of rotatable bonds is 6. The van der Waals surface area contributed by atoms with E-state index in [2.05, 4.69) is 4.98 Å². The number of aryl methyl sites for hydroxylation is 1. The Labute approximate surface area is 179 Å². The lowest BCUT2D eigenvalue weighted by atomic mass is 10.1. The van der Waals surface area contributed by atoms with Crippen molar-refractivity contribution < 1.29 is 14.3 Å². The second kappa shape index (κ2) is 9.38. The van der Waals surface area contributed by atoms with Gasteiger partial charge in [-0.1, -0.05) is 29.8 Å². The highest BCUT2D eigenvalue weighted by atomic mass is 35.5. The third-order valence-corrected chi connectivity index (χ3v) is 4.84. The van der Waals surface area contributed by atoms with Gasteiger partial charge in [0.2, 0.25) is 0 Å². The van der Waals surface area contributed by atoms with Gasteiger partial charge in [-0.05, 0) is 50.2 Å². The van der Waals surface area contributed by atoms with Gasteiger partial charge in [0.05, 0.1) is 29.3 Å². The Balaban J connectivity index is 1.81. The first-order valence-electron chi connectivity index (χ1n) is 9.42. The lowest BCUT2D eigenvalue weighted by Crippen LogP contribution is -2.40. The van der Waals surface area contributed by atoms with Gasteiger partial charge in [-0.15, -0.1) is 0 Å². The molecule has 0 bridgehead atoms. The first-order valence-corrected chi connectivity index (χ1v) is 9.79. The van der Waals surface area contributed by atoms with Gasteiger partial charge in [0, 0.05) is 22.6 Å². The van der Waals surface area contributed by atoms with E-state index in [1.165, 1.54) is 11.8 Å². The highest BCUT2D eigenvalue weighted by molar-refractivity contribution is 6.31. The van der Waals surface area contributed by atoms with Gasteiger partial charge >= 0.3 is 5.97 Å². The van der Waals surface area contributed by atoms with Crippen molar-refractivity contribution in [1.82, 2.24) is 4.98 Å². The topological polar surface area (TPSA) is 83.3 Å². The zero-order valence-corrected chi connectivity index (χ0v) is 17.4. The van der Waals surface area contributed by atoms with E-state index in [0.29, 0.717) is 27.3 Å². The lowest BCUT2D eigenvalue weighted by Gasteiger charge is -2.25. The van der Waals surface area contributed by atoms with Crippen LogP contribution in [0.4, 0.5) is 5.69 Å².